The predicted octanol–water partition coefficient (Wildman–Crippen LogP) is 4.55. The lowest BCUT2D eigenvalue weighted by Gasteiger charge is -2.12. The standard InChI is InChI=1S/C19H17FN2.ClH/c20-18-8-6-15(7-9-18)17-10-14(12-22-13-17)11-19(21)16-4-2-1-3-5-16;/h1-10,12-13,19H,11,21H2;1H/t19-;/m1./s1. The highest BCUT2D eigenvalue weighted by Gasteiger charge is 2.08. The van der Waals surface area contributed by atoms with E-state index in [1.54, 1.807) is 18.3 Å². The van der Waals surface area contributed by atoms with Crippen molar-refractivity contribution in [3.8, 4) is 11.1 Å². The molecule has 118 valence electrons. The molecule has 0 aliphatic carbocycles. The summed E-state index contributed by atoms with van der Waals surface area (Å²) >= 11 is 0. The first kappa shape index (κ1) is 17.1. The topological polar surface area (TPSA) is 38.9 Å². The van der Waals surface area contributed by atoms with E-state index in [0.29, 0.717) is 6.42 Å². The zero-order valence-electron chi connectivity index (χ0n) is 12.5. The van der Waals surface area contributed by atoms with Gasteiger partial charge in [-0.05, 0) is 41.3 Å². The first-order chi connectivity index (χ1) is 10.7. The first-order valence-corrected chi connectivity index (χ1v) is 7.23. The molecule has 0 aliphatic rings. The first-order valence-electron chi connectivity index (χ1n) is 7.23. The molecule has 23 heavy (non-hydrogen) atoms. The zero-order chi connectivity index (χ0) is 15.4. The van der Waals surface area contributed by atoms with Gasteiger partial charge in [0.05, 0.1) is 0 Å². The summed E-state index contributed by atoms with van der Waals surface area (Å²) in [4.78, 5) is 4.28. The quantitative estimate of drug-likeness (QED) is 0.763. The molecule has 4 heteroatoms. The van der Waals surface area contributed by atoms with Crippen LogP contribution in [0.1, 0.15) is 17.2 Å². The number of nitrogens with zero attached hydrogens (tertiary/aromatic N) is 1. The van der Waals surface area contributed by atoms with E-state index in [0.717, 1.165) is 22.3 Å². The summed E-state index contributed by atoms with van der Waals surface area (Å²) in [7, 11) is 0. The number of halogens is 2. The highest BCUT2D eigenvalue weighted by Crippen LogP contribution is 2.22. The van der Waals surface area contributed by atoms with Crippen LogP contribution in [-0.2, 0) is 6.42 Å². The minimum atomic E-state index is -0.237. The summed E-state index contributed by atoms with van der Waals surface area (Å²) in [5.74, 6) is -0.237. The van der Waals surface area contributed by atoms with Gasteiger partial charge in [0.15, 0.2) is 0 Å². The van der Waals surface area contributed by atoms with Crippen LogP contribution in [-0.4, -0.2) is 4.98 Å². The Morgan fingerprint density at radius 1 is 0.913 bits per heavy atom. The number of hydrogen-bond acceptors (Lipinski definition) is 2. The minimum absolute atomic E-state index is 0. The maximum Gasteiger partial charge on any atom is 0.123 e. The highest BCUT2D eigenvalue weighted by atomic mass is 35.5. The summed E-state index contributed by atoms with van der Waals surface area (Å²) in [6.45, 7) is 0. The van der Waals surface area contributed by atoms with Gasteiger partial charge in [0, 0.05) is 24.0 Å². The van der Waals surface area contributed by atoms with Gasteiger partial charge >= 0.3 is 0 Å². The van der Waals surface area contributed by atoms with Gasteiger partial charge in [-0.2, -0.15) is 0 Å². The molecule has 0 saturated carbocycles. The van der Waals surface area contributed by atoms with Crippen LogP contribution in [0.5, 0.6) is 0 Å². The molecule has 1 heterocycles. The normalized spacial score (nSPS) is 11.6. The Balaban J connectivity index is 0.00000192. The number of hydrogen-bond donors (Lipinski definition) is 1. The average molecular weight is 329 g/mol. The van der Waals surface area contributed by atoms with Crippen LogP contribution in [0.25, 0.3) is 11.1 Å². The summed E-state index contributed by atoms with van der Waals surface area (Å²) in [5.41, 5.74) is 10.4. The molecule has 0 aliphatic heterocycles. The van der Waals surface area contributed by atoms with E-state index >= 15 is 0 Å². The Morgan fingerprint density at radius 2 is 1.61 bits per heavy atom. The molecule has 3 rings (SSSR count). The van der Waals surface area contributed by atoms with Crippen molar-refractivity contribution in [2.24, 2.45) is 5.73 Å². The van der Waals surface area contributed by atoms with E-state index in [1.165, 1.54) is 12.1 Å². The van der Waals surface area contributed by atoms with Gasteiger partial charge < -0.3 is 5.73 Å². The second-order valence-corrected chi connectivity index (χ2v) is 5.31. The third-order valence-electron chi connectivity index (χ3n) is 3.66. The van der Waals surface area contributed by atoms with Gasteiger partial charge in [-0.25, -0.2) is 4.39 Å². The monoisotopic (exact) mass is 328 g/mol. The molecule has 0 saturated heterocycles. The molecule has 0 fully saturated rings. The molecule has 0 bridgehead atoms. The molecule has 1 aromatic heterocycles. The fourth-order valence-electron chi connectivity index (χ4n) is 2.47. The van der Waals surface area contributed by atoms with Gasteiger partial charge in [0.2, 0.25) is 0 Å². The van der Waals surface area contributed by atoms with Crippen molar-refractivity contribution in [3.05, 3.63) is 90.0 Å². The van der Waals surface area contributed by atoms with Crippen molar-refractivity contribution in [1.82, 2.24) is 4.98 Å². The van der Waals surface area contributed by atoms with Crippen molar-refractivity contribution in [3.63, 3.8) is 0 Å². The maximum absolute atomic E-state index is 13.0. The van der Waals surface area contributed by atoms with Crippen LogP contribution in [0.2, 0.25) is 0 Å². The van der Waals surface area contributed by atoms with Crippen LogP contribution in [0, 0.1) is 5.82 Å². The summed E-state index contributed by atoms with van der Waals surface area (Å²) in [6.07, 6.45) is 4.33. The number of aromatic nitrogens is 1. The van der Waals surface area contributed by atoms with Crippen molar-refractivity contribution >= 4 is 12.4 Å². The fraction of sp³-hybridized carbons (Fsp3) is 0.105. The number of nitrogens with two attached hydrogens (primary N) is 1. The molecule has 1 atom stereocenters. The Hall–Kier alpha value is -2.23. The van der Waals surface area contributed by atoms with Crippen LogP contribution in [0.3, 0.4) is 0 Å². The van der Waals surface area contributed by atoms with E-state index in [4.69, 9.17) is 5.73 Å². The molecule has 0 amide bonds. The largest absolute Gasteiger partial charge is 0.324 e. The van der Waals surface area contributed by atoms with E-state index in [1.807, 2.05) is 36.5 Å². The molecular formula is C19H18ClFN2. The van der Waals surface area contributed by atoms with Crippen LogP contribution >= 0.6 is 12.4 Å². The number of benzene rings is 2. The van der Waals surface area contributed by atoms with Gasteiger partial charge in [0.1, 0.15) is 5.82 Å². The lowest BCUT2D eigenvalue weighted by molar-refractivity contribution is 0.628. The molecule has 0 spiro atoms. The third-order valence-corrected chi connectivity index (χ3v) is 3.66. The molecule has 2 nitrogen and oxygen atoms in total. The predicted molar refractivity (Wildman–Crippen MR) is 94.0 cm³/mol. The van der Waals surface area contributed by atoms with Gasteiger partial charge in [0.25, 0.3) is 0 Å². The van der Waals surface area contributed by atoms with E-state index in [9.17, 15) is 4.39 Å². The Kier molecular flexibility index (Phi) is 5.85. The number of rotatable bonds is 4. The van der Waals surface area contributed by atoms with Crippen molar-refractivity contribution < 1.29 is 4.39 Å². The highest BCUT2D eigenvalue weighted by molar-refractivity contribution is 5.85. The SMILES string of the molecule is Cl.N[C@H](Cc1cncc(-c2ccc(F)cc2)c1)c1ccccc1. The van der Waals surface area contributed by atoms with Crippen LogP contribution in [0.4, 0.5) is 4.39 Å². The fourth-order valence-corrected chi connectivity index (χ4v) is 2.47. The molecule has 0 radical (unpaired) electrons. The van der Waals surface area contributed by atoms with Crippen LogP contribution in [0.15, 0.2) is 73.1 Å². The second kappa shape index (κ2) is 7.86. The van der Waals surface area contributed by atoms with Crippen molar-refractivity contribution in [1.29, 1.82) is 0 Å². The van der Waals surface area contributed by atoms with E-state index in [2.05, 4.69) is 11.1 Å². The smallest absolute Gasteiger partial charge is 0.123 e. The van der Waals surface area contributed by atoms with E-state index in [-0.39, 0.29) is 24.3 Å². The molecule has 2 aromatic carbocycles. The van der Waals surface area contributed by atoms with Gasteiger partial charge in [-0.1, -0.05) is 42.5 Å². The molecular weight excluding hydrogens is 311 g/mol. The molecule has 3 aromatic rings. The third kappa shape index (κ3) is 4.38. The lowest BCUT2D eigenvalue weighted by Crippen LogP contribution is -2.13. The number of pyridine rings is 1. The average Bonchev–Trinajstić information content (AvgIpc) is 2.56. The second-order valence-electron chi connectivity index (χ2n) is 5.31. The van der Waals surface area contributed by atoms with Crippen molar-refractivity contribution in [2.75, 3.05) is 0 Å². The molecule has 2 N–H and O–H groups in total. The van der Waals surface area contributed by atoms with Crippen LogP contribution < -0.4 is 5.73 Å². The van der Waals surface area contributed by atoms with Gasteiger partial charge in [-0.15, -0.1) is 12.4 Å². The Labute approximate surface area is 141 Å². The van der Waals surface area contributed by atoms with Gasteiger partial charge in [-0.3, -0.25) is 4.98 Å². The maximum atomic E-state index is 13.0. The lowest BCUT2D eigenvalue weighted by atomic mass is 9.98. The molecule has 0 unspecified atom stereocenters. The zero-order valence-corrected chi connectivity index (χ0v) is 13.3. The Bertz CT molecular complexity index is 745. The Morgan fingerprint density at radius 3 is 2.30 bits per heavy atom. The minimum Gasteiger partial charge on any atom is -0.324 e. The summed E-state index contributed by atoms with van der Waals surface area (Å²) < 4.78 is 13.0. The van der Waals surface area contributed by atoms with Crippen molar-refractivity contribution in [2.45, 2.75) is 12.5 Å². The van der Waals surface area contributed by atoms with E-state index < -0.39 is 0 Å². The summed E-state index contributed by atoms with van der Waals surface area (Å²) in [6, 6.07) is 18.4. The summed E-state index contributed by atoms with van der Waals surface area (Å²) in [5, 5.41) is 0.